The highest BCUT2D eigenvalue weighted by atomic mass is 32.1. The Labute approximate surface area is 174 Å². The highest BCUT2D eigenvalue weighted by Gasteiger charge is 2.07. The first-order valence-corrected chi connectivity index (χ1v) is 10.3. The maximum absolute atomic E-state index is 8.85. The molecule has 0 fully saturated rings. The second kappa shape index (κ2) is 15.0. The number of azo groups is 1. The van der Waals surface area contributed by atoms with Crippen molar-refractivity contribution in [2.45, 2.75) is 0 Å². The second-order valence-electron chi connectivity index (χ2n) is 5.80. The lowest BCUT2D eigenvalue weighted by atomic mass is 10.2. The predicted octanol–water partition coefficient (Wildman–Crippen LogP) is 2.40. The number of hydrogen-bond acceptors (Lipinski definition) is 10. The van der Waals surface area contributed by atoms with Crippen molar-refractivity contribution in [2.24, 2.45) is 10.2 Å². The monoisotopic (exact) mass is 424 g/mol. The molecule has 0 aliphatic carbocycles. The molecule has 0 saturated heterocycles. The lowest BCUT2D eigenvalue weighted by Crippen LogP contribution is -2.31. The van der Waals surface area contributed by atoms with Gasteiger partial charge in [0.25, 0.3) is 0 Å². The van der Waals surface area contributed by atoms with Crippen LogP contribution in [0.2, 0.25) is 0 Å². The van der Waals surface area contributed by atoms with E-state index in [1.807, 2.05) is 29.6 Å². The van der Waals surface area contributed by atoms with E-state index in [0.29, 0.717) is 57.9 Å². The third-order valence-electron chi connectivity index (χ3n) is 3.74. The summed E-state index contributed by atoms with van der Waals surface area (Å²) in [6.07, 6.45) is 1.69. The van der Waals surface area contributed by atoms with Crippen LogP contribution in [0.1, 0.15) is 0 Å². The number of ether oxygens (including phenoxy) is 3. The molecule has 10 heteroatoms. The first-order valence-electron chi connectivity index (χ1n) is 9.44. The quantitative estimate of drug-likeness (QED) is 0.315. The molecule has 9 nitrogen and oxygen atoms in total. The zero-order valence-electron chi connectivity index (χ0n) is 16.4. The average Bonchev–Trinajstić information content (AvgIpc) is 3.27. The normalized spacial score (nSPS) is 11.4. The van der Waals surface area contributed by atoms with Crippen LogP contribution in [-0.2, 0) is 14.2 Å². The molecule has 29 heavy (non-hydrogen) atoms. The van der Waals surface area contributed by atoms with Gasteiger partial charge in [-0.05, 0) is 24.3 Å². The van der Waals surface area contributed by atoms with Crippen LogP contribution in [0, 0.1) is 0 Å². The van der Waals surface area contributed by atoms with Gasteiger partial charge in [0.05, 0.1) is 58.5 Å². The van der Waals surface area contributed by atoms with Crippen LogP contribution in [0.15, 0.2) is 46.1 Å². The third kappa shape index (κ3) is 9.88. The molecular weight excluding hydrogens is 396 g/mol. The van der Waals surface area contributed by atoms with E-state index >= 15 is 0 Å². The van der Waals surface area contributed by atoms with Gasteiger partial charge in [0.2, 0.25) is 5.13 Å². The molecule has 0 aliphatic rings. The number of aliphatic hydroxyl groups excluding tert-OH is 2. The lowest BCUT2D eigenvalue weighted by molar-refractivity contribution is 0.0347. The number of hydrogen-bond donors (Lipinski definition) is 2. The van der Waals surface area contributed by atoms with E-state index in [1.54, 1.807) is 6.20 Å². The minimum absolute atomic E-state index is 0.00967. The number of aromatic nitrogens is 1. The number of anilines is 1. The number of benzene rings is 1. The molecule has 1 heterocycles. The van der Waals surface area contributed by atoms with Crippen LogP contribution in [0.25, 0.3) is 0 Å². The largest absolute Gasteiger partial charge is 0.394 e. The second-order valence-corrected chi connectivity index (χ2v) is 6.68. The summed E-state index contributed by atoms with van der Waals surface area (Å²) in [7, 11) is 0. The minimum Gasteiger partial charge on any atom is -0.394 e. The van der Waals surface area contributed by atoms with Crippen molar-refractivity contribution in [1.82, 2.24) is 4.98 Å². The standard InChI is InChI=1S/C19H28N4O5S/c24-8-12-26-10-6-23(7-11-27-14-15-28-13-9-25)18-3-1-17(2-4-18)21-22-19-20-5-16-29-19/h1-5,16,24-25H,6-15H2/b22-21+. The summed E-state index contributed by atoms with van der Waals surface area (Å²) in [5.41, 5.74) is 1.77. The van der Waals surface area contributed by atoms with Crippen LogP contribution in [-0.4, -0.2) is 81.1 Å². The maximum Gasteiger partial charge on any atom is 0.229 e. The summed E-state index contributed by atoms with van der Waals surface area (Å²) in [4.78, 5) is 6.22. The third-order valence-corrected chi connectivity index (χ3v) is 4.40. The maximum atomic E-state index is 8.85. The number of nitrogens with zero attached hydrogens (tertiary/aromatic N) is 4. The molecule has 1 aromatic heterocycles. The molecule has 160 valence electrons. The Morgan fingerprint density at radius 2 is 1.45 bits per heavy atom. The van der Waals surface area contributed by atoms with E-state index in [9.17, 15) is 0 Å². The SMILES string of the molecule is OCCOCCOCCN(CCOCCO)c1ccc(/N=N/c2nccs2)cc1. The number of aliphatic hydroxyl groups is 2. The fourth-order valence-corrected chi connectivity index (χ4v) is 2.82. The Balaban J connectivity index is 1.85. The summed E-state index contributed by atoms with van der Waals surface area (Å²) in [6.45, 7) is 4.00. The molecule has 2 rings (SSSR count). The minimum atomic E-state index is 0.00967. The zero-order valence-corrected chi connectivity index (χ0v) is 17.2. The molecule has 0 amide bonds. The van der Waals surface area contributed by atoms with Gasteiger partial charge in [-0.15, -0.1) is 21.6 Å². The van der Waals surface area contributed by atoms with E-state index in [4.69, 9.17) is 24.4 Å². The van der Waals surface area contributed by atoms with Crippen LogP contribution >= 0.6 is 11.3 Å². The van der Waals surface area contributed by atoms with E-state index in [1.165, 1.54) is 11.3 Å². The molecule has 0 aliphatic heterocycles. The predicted molar refractivity (Wildman–Crippen MR) is 112 cm³/mol. The first kappa shape index (κ1) is 23.3. The Morgan fingerprint density at radius 3 is 2.03 bits per heavy atom. The molecular formula is C19H28N4O5S. The summed E-state index contributed by atoms with van der Waals surface area (Å²) in [6, 6.07) is 7.76. The Hall–Kier alpha value is -1.95. The number of thiazole rings is 1. The van der Waals surface area contributed by atoms with E-state index in [-0.39, 0.29) is 13.2 Å². The number of rotatable bonds is 16. The van der Waals surface area contributed by atoms with Gasteiger partial charge in [0, 0.05) is 30.4 Å². The molecule has 0 saturated carbocycles. The molecule has 2 aromatic rings. The highest BCUT2D eigenvalue weighted by molar-refractivity contribution is 7.13. The topological polar surface area (TPSA) is 109 Å². The van der Waals surface area contributed by atoms with E-state index in [2.05, 4.69) is 20.1 Å². The Bertz CT molecular complexity index is 670. The molecule has 0 radical (unpaired) electrons. The van der Waals surface area contributed by atoms with Gasteiger partial charge in [-0.25, -0.2) is 4.98 Å². The summed E-state index contributed by atoms with van der Waals surface area (Å²) in [5, 5.41) is 28.3. The average molecular weight is 425 g/mol. The van der Waals surface area contributed by atoms with Crippen molar-refractivity contribution in [2.75, 3.05) is 70.8 Å². The van der Waals surface area contributed by atoms with Gasteiger partial charge in [-0.1, -0.05) is 0 Å². The fourth-order valence-electron chi connectivity index (χ4n) is 2.37. The molecule has 0 spiro atoms. The Morgan fingerprint density at radius 1 is 0.828 bits per heavy atom. The lowest BCUT2D eigenvalue weighted by Gasteiger charge is -2.25. The van der Waals surface area contributed by atoms with Gasteiger partial charge >= 0.3 is 0 Å². The van der Waals surface area contributed by atoms with Gasteiger partial charge in [0.1, 0.15) is 0 Å². The van der Waals surface area contributed by atoms with Crippen molar-refractivity contribution in [3.63, 3.8) is 0 Å². The highest BCUT2D eigenvalue weighted by Crippen LogP contribution is 2.23. The zero-order chi connectivity index (χ0) is 20.6. The van der Waals surface area contributed by atoms with Crippen LogP contribution < -0.4 is 4.90 Å². The van der Waals surface area contributed by atoms with Crippen molar-refractivity contribution in [3.8, 4) is 0 Å². The van der Waals surface area contributed by atoms with Crippen LogP contribution in [0.3, 0.4) is 0 Å². The summed E-state index contributed by atoms with van der Waals surface area (Å²) < 4.78 is 16.2. The van der Waals surface area contributed by atoms with Gasteiger partial charge in [-0.2, -0.15) is 0 Å². The van der Waals surface area contributed by atoms with E-state index < -0.39 is 0 Å². The van der Waals surface area contributed by atoms with Crippen molar-refractivity contribution >= 4 is 27.8 Å². The van der Waals surface area contributed by atoms with Gasteiger partial charge < -0.3 is 29.3 Å². The molecule has 0 bridgehead atoms. The first-order chi connectivity index (χ1) is 14.3. The van der Waals surface area contributed by atoms with Crippen LogP contribution in [0.4, 0.5) is 16.5 Å². The van der Waals surface area contributed by atoms with E-state index in [0.717, 1.165) is 11.4 Å². The molecule has 0 atom stereocenters. The van der Waals surface area contributed by atoms with Crippen molar-refractivity contribution < 1.29 is 24.4 Å². The fraction of sp³-hybridized carbons (Fsp3) is 0.526. The van der Waals surface area contributed by atoms with Gasteiger partial charge in [-0.3, -0.25) is 0 Å². The van der Waals surface area contributed by atoms with Crippen molar-refractivity contribution in [3.05, 3.63) is 35.8 Å². The molecule has 2 N–H and O–H groups in total. The van der Waals surface area contributed by atoms with Crippen LogP contribution in [0.5, 0.6) is 0 Å². The summed E-state index contributed by atoms with van der Waals surface area (Å²) in [5.74, 6) is 0. The smallest absolute Gasteiger partial charge is 0.229 e. The summed E-state index contributed by atoms with van der Waals surface area (Å²) >= 11 is 1.43. The van der Waals surface area contributed by atoms with Gasteiger partial charge in [0.15, 0.2) is 0 Å². The molecule has 0 unspecified atom stereocenters. The molecule has 1 aromatic carbocycles. The van der Waals surface area contributed by atoms with Crippen molar-refractivity contribution in [1.29, 1.82) is 0 Å². The Kier molecular flexibility index (Phi) is 12.0.